The Morgan fingerprint density at radius 2 is 1.93 bits per heavy atom. The van der Waals surface area contributed by atoms with Gasteiger partial charge in [-0.3, -0.25) is 0 Å². The Morgan fingerprint density at radius 3 is 2.47 bits per heavy atom. The standard InChI is InChI=1S/C10H18O4S/c1-9(2)10(11)14-7-5-3-4-6-8-15(12)13/h1,3-8H2,2H3,(H,12,13). The fourth-order valence-electron chi connectivity index (χ4n) is 0.969. The fourth-order valence-corrected chi connectivity index (χ4v) is 1.42. The number of ether oxygens (including phenoxy) is 1. The van der Waals surface area contributed by atoms with Crippen molar-refractivity contribution in [3.63, 3.8) is 0 Å². The molecular weight excluding hydrogens is 216 g/mol. The summed E-state index contributed by atoms with van der Waals surface area (Å²) >= 11 is -1.68. The predicted octanol–water partition coefficient (Wildman–Crippen LogP) is 1.89. The van der Waals surface area contributed by atoms with Crippen molar-refractivity contribution in [3.05, 3.63) is 12.2 Å². The normalized spacial score (nSPS) is 12.1. The van der Waals surface area contributed by atoms with Gasteiger partial charge in [0, 0.05) is 11.3 Å². The predicted molar refractivity (Wildman–Crippen MR) is 59.9 cm³/mol. The highest BCUT2D eigenvalue weighted by molar-refractivity contribution is 7.79. The van der Waals surface area contributed by atoms with Gasteiger partial charge in [0.2, 0.25) is 0 Å². The molecule has 0 aliphatic rings. The molecule has 0 aliphatic heterocycles. The minimum atomic E-state index is -1.68. The Bertz CT molecular complexity index is 238. The Labute approximate surface area is 93.0 Å². The lowest BCUT2D eigenvalue weighted by Crippen LogP contribution is -2.06. The molecule has 0 spiro atoms. The van der Waals surface area contributed by atoms with Crippen molar-refractivity contribution >= 4 is 17.0 Å². The van der Waals surface area contributed by atoms with Crippen LogP contribution >= 0.6 is 0 Å². The molecule has 0 rings (SSSR count). The molecule has 88 valence electrons. The summed E-state index contributed by atoms with van der Waals surface area (Å²) in [4.78, 5) is 10.9. The van der Waals surface area contributed by atoms with Gasteiger partial charge >= 0.3 is 5.97 Å². The zero-order valence-corrected chi connectivity index (χ0v) is 9.85. The second kappa shape index (κ2) is 8.61. The van der Waals surface area contributed by atoms with Gasteiger partial charge in [0.25, 0.3) is 0 Å². The SMILES string of the molecule is C=C(C)C(=O)OCCCCCCS(=O)O. The molecule has 15 heavy (non-hydrogen) atoms. The largest absolute Gasteiger partial charge is 0.462 e. The van der Waals surface area contributed by atoms with E-state index in [1.54, 1.807) is 6.92 Å². The third-order valence-corrected chi connectivity index (χ3v) is 2.43. The second-order valence-corrected chi connectivity index (χ2v) is 4.41. The van der Waals surface area contributed by atoms with Crippen molar-refractivity contribution in [1.29, 1.82) is 0 Å². The number of esters is 1. The van der Waals surface area contributed by atoms with Crippen LogP contribution in [-0.4, -0.2) is 27.1 Å². The van der Waals surface area contributed by atoms with Gasteiger partial charge in [0.05, 0.1) is 6.61 Å². The van der Waals surface area contributed by atoms with E-state index in [0.717, 1.165) is 25.7 Å². The summed E-state index contributed by atoms with van der Waals surface area (Å²) in [7, 11) is 0. The van der Waals surface area contributed by atoms with Crippen LogP contribution in [-0.2, 0) is 20.6 Å². The van der Waals surface area contributed by atoms with E-state index < -0.39 is 11.1 Å². The van der Waals surface area contributed by atoms with Gasteiger partial charge in [-0.1, -0.05) is 19.4 Å². The van der Waals surface area contributed by atoms with Crippen molar-refractivity contribution < 1.29 is 18.3 Å². The first kappa shape index (κ1) is 14.3. The third kappa shape index (κ3) is 9.62. The smallest absolute Gasteiger partial charge is 0.333 e. The first-order valence-corrected chi connectivity index (χ1v) is 6.21. The van der Waals surface area contributed by atoms with Crippen molar-refractivity contribution in [2.75, 3.05) is 12.4 Å². The van der Waals surface area contributed by atoms with Gasteiger partial charge in [0.1, 0.15) is 0 Å². The van der Waals surface area contributed by atoms with E-state index in [1.165, 1.54) is 0 Å². The molecule has 0 heterocycles. The van der Waals surface area contributed by atoms with Crippen LogP contribution < -0.4 is 0 Å². The minimum absolute atomic E-state index is 0.325. The number of unbranched alkanes of at least 4 members (excludes halogenated alkanes) is 3. The summed E-state index contributed by atoms with van der Waals surface area (Å²) in [6, 6.07) is 0. The maximum atomic E-state index is 10.9. The molecule has 0 aromatic heterocycles. The first-order valence-electron chi connectivity index (χ1n) is 4.94. The quantitative estimate of drug-likeness (QED) is 0.301. The van der Waals surface area contributed by atoms with Gasteiger partial charge in [-0.25, -0.2) is 9.00 Å². The Morgan fingerprint density at radius 1 is 1.33 bits per heavy atom. The van der Waals surface area contributed by atoms with Crippen LogP contribution in [0.3, 0.4) is 0 Å². The lowest BCUT2D eigenvalue weighted by Gasteiger charge is -2.03. The van der Waals surface area contributed by atoms with E-state index in [9.17, 15) is 9.00 Å². The summed E-state index contributed by atoms with van der Waals surface area (Å²) in [6.07, 6.45) is 3.31. The van der Waals surface area contributed by atoms with E-state index in [4.69, 9.17) is 9.29 Å². The molecule has 0 aromatic rings. The van der Waals surface area contributed by atoms with E-state index in [2.05, 4.69) is 6.58 Å². The third-order valence-electron chi connectivity index (χ3n) is 1.79. The molecular formula is C10H18O4S. The summed E-state index contributed by atoms with van der Waals surface area (Å²) in [5, 5.41) is 0. The van der Waals surface area contributed by atoms with Crippen molar-refractivity contribution in [2.24, 2.45) is 0 Å². The summed E-state index contributed by atoms with van der Waals surface area (Å²) in [5.74, 6) is -0.0302. The lowest BCUT2D eigenvalue weighted by atomic mass is 10.2. The van der Waals surface area contributed by atoms with Crippen LogP contribution in [0.4, 0.5) is 0 Å². The van der Waals surface area contributed by atoms with E-state index >= 15 is 0 Å². The summed E-state index contributed by atoms with van der Waals surface area (Å²) < 4.78 is 23.6. The number of carbonyl (C=O) groups excluding carboxylic acids is 1. The maximum Gasteiger partial charge on any atom is 0.333 e. The van der Waals surface area contributed by atoms with Gasteiger partial charge in [-0.2, -0.15) is 0 Å². The fraction of sp³-hybridized carbons (Fsp3) is 0.700. The highest BCUT2D eigenvalue weighted by Crippen LogP contribution is 2.02. The molecule has 0 aromatic carbocycles. The number of hydrogen-bond donors (Lipinski definition) is 1. The molecule has 0 radical (unpaired) electrons. The molecule has 0 saturated carbocycles. The zero-order chi connectivity index (χ0) is 11.7. The van der Waals surface area contributed by atoms with Crippen LogP contribution in [0.15, 0.2) is 12.2 Å². The van der Waals surface area contributed by atoms with Gasteiger partial charge in [-0.05, 0) is 19.8 Å². The van der Waals surface area contributed by atoms with Crippen LogP contribution in [0.5, 0.6) is 0 Å². The van der Waals surface area contributed by atoms with Crippen molar-refractivity contribution in [3.8, 4) is 0 Å². The second-order valence-electron chi connectivity index (χ2n) is 3.36. The number of carbonyl (C=O) groups is 1. The molecule has 5 heteroatoms. The monoisotopic (exact) mass is 234 g/mol. The van der Waals surface area contributed by atoms with Crippen LogP contribution in [0, 0.1) is 0 Å². The molecule has 0 aliphatic carbocycles. The lowest BCUT2D eigenvalue weighted by molar-refractivity contribution is -0.139. The Kier molecular flexibility index (Phi) is 8.22. The van der Waals surface area contributed by atoms with Crippen LogP contribution in [0.2, 0.25) is 0 Å². The van der Waals surface area contributed by atoms with Gasteiger partial charge < -0.3 is 9.29 Å². The van der Waals surface area contributed by atoms with Crippen molar-refractivity contribution in [1.82, 2.24) is 0 Å². The molecule has 1 unspecified atom stereocenters. The first-order chi connectivity index (χ1) is 7.04. The summed E-state index contributed by atoms with van der Waals surface area (Å²) in [5.41, 5.74) is 0.408. The summed E-state index contributed by atoms with van der Waals surface area (Å²) in [6.45, 7) is 5.47. The molecule has 1 N–H and O–H groups in total. The van der Waals surface area contributed by atoms with E-state index in [1.807, 2.05) is 0 Å². The molecule has 1 atom stereocenters. The van der Waals surface area contributed by atoms with E-state index in [0.29, 0.717) is 17.9 Å². The number of hydrogen-bond acceptors (Lipinski definition) is 3. The molecule has 0 bridgehead atoms. The average Bonchev–Trinajstić information content (AvgIpc) is 2.15. The topological polar surface area (TPSA) is 63.6 Å². The average molecular weight is 234 g/mol. The zero-order valence-electron chi connectivity index (χ0n) is 9.03. The van der Waals surface area contributed by atoms with Crippen molar-refractivity contribution in [2.45, 2.75) is 32.6 Å². The molecule has 4 nitrogen and oxygen atoms in total. The Balaban J connectivity index is 3.22. The molecule has 0 fully saturated rings. The van der Waals surface area contributed by atoms with Gasteiger partial charge in [0.15, 0.2) is 11.1 Å². The van der Waals surface area contributed by atoms with Crippen LogP contribution in [0.25, 0.3) is 0 Å². The number of rotatable bonds is 8. The highest BCUT2D eigenvalue weighted by Gasteiger charge is 2.01. The highest BCUT2D eigenvalue weighted by atomic mass is 32.2. The maximum absolute atomic E-state index is 10.9. The van der Waals surface area contributed by atoms with Gasteiger partial charge in [-0.15, -0.1) is 0 Å². The molecule has 0 amide bonds. The Hall–Kier alpha value is -0.680. The van der Waals surface area contributed by atoms with E-state index in [-0.39, 0.29) is 5.97 Å². The van der Waals surface area contributed by atoms with Crippen LogP contribution in [0.1, 0.15) is 32.6 Å². The molecule has 0 saturated heterocycles. The minimum Gasteiger partial charge on any atom is -0.462 e.